The molecule has 0 bridgehead atoms. The highest BCUT2D eigenvalue weighted by atomic mass is 16.5. The molecule has 0 fully saturated rings. The Hall–Kier alpha value is -0.860. The highest BCUT2D eigenvalue weighted by Gasteiger charge is 2.17. The molecule has 0 aliphatic rings. The summed E-state index contributed by atoms with van der Waals surface area (Å²) < 4.78 is 5.35. The van der Waals surface area contributed by atoms with Gasteiger partial charge in [0.15, 0.2) is 0 Å². The number of nitrogens with one attached hydrogen (secondary N) is 1. The van der Waals surface area contributed by atoms with Gasteiger partial charge in [0.2, 0.25) is 0 Å². The number of likely N-dealkylation sites (N-methyl/N-ethyl adjacent to an activating group) is 1. The molecule has 2 nitrogen and oxygen atoms in total. The number of aryl methyl sites for hydroxylation is 1. The second kappa shape index (κ2) is 5.13. The van der Waals surface area contributed by atoms with Gasteiger partial charge in [0.05, 0.1) is 12.1 Å². The summed E-state index contributed by atoms with van der Waals surface area (Å²) >= 11 is 0. The minimum Gasteiger partial charge on any atom is -0.380 e. The Kier molecular flexibility index (Phi) is 4.11. The Morgan fingerprint density at radius 2 is 1.93 bits per heavy atom. The largest absolute Gasteiger partial charge is 0.380 e. The normalized spacial score (nSPS) is 15.1. The van der Waals surface area contributed by atoms with Crippen LogP contribution in [0.1, 0.15) is 24.1 Å². The third-order valence-electron chi connectivity index (χ3n) is 2.68. The molecule has 0 saturated carbocycles. The summed E-state index contributed by atoms with van der Waals surface area (Å²) in [6, 6.07) is 8.66. The zero-order valence-corrected chi connectivity index (χ0v) is 9.37. The summed E-state index contributed by atoms with van der Waals surface area (Å²) in [6.45, 7) is 4.20. The van der Waals surface area contributed by atoms with Gasteiger partial charge in [-0.05, 0) is 32.0 Å². The lowest BCUT2D eigenvalue weighted by Crippen LogP contribution is -2.29. The van der Waals surface area contributed by atoms with Gasteiger partial charge in [-0.2, -0.15) is 0 Å². The molecule has 0 aliphatic heterocycles. The molecule has 78 valence electrons. The van der Waals surface area contributed by atoms with Crippen LogP contribution >= 0.6 is 0 Å². The third-order valence-corrected chi connectivity index (χ3v) is 2.68. The molecule has 0 radical (unpaired) electrons. The Balaban J connectivity index is 2.94. The highest BCUT2D eigenvalue weighted by molar-refractivity contribution is 5.29. The average molecular weight is 193 g/mol. The molecule has 14 heavy (non-hydrogen) atoms. The second-order valence-corrected chi connectivity index (χ2v) is 3.56. The third kappa shape index (κ3) is 2.34. The Labute approximate surface area is 86.3 Å². The maximum absolute atomic E-state index is 5.35. The van der Waals surface area contributed by atoms with E-state index in [9.17, 15) is 0 Å². The van der Waals surface area contributed by atoms with E-state index in [0.717, 1.165) is 0 Å². The van der Waals surface area contributed by atoms with Gasteiger partial charge in [-0.15, -0.1) is 0 Å². The zero-order valence-electron chi connectivity index (χ0n) is 9.37. The van der Waals surface area contributed by atoms with Crippen molar-refractivity contribution in [2.45, 2.75) is 26.0 Å². The molecular formula is C12H19NO. The molecule has 2 unspecified atom stereocenters. The minimum atomic E-state index is 0.182. The van der Waals surface area contributed by atoms with Crippen LogP contribution in [0.2, 0.25) is 0 Å². The van der Waals surface area contributed by atoms with Gasteiger partial charge in [-0.25, -0.2) is 0 Å². The number of hydrogen-bond donors (Lipinski definition) is 1. The Morgan fingerprint density at radius 1 is 1.29 bits per heavy atom. The molecule has 0 aromatic heterocycles. The van der Waals surface area contributed by atoms with Gasteiger partial charge < -0.3 is 10.1 Å². The van der Waals surface area contributed by atoms with Gasteiger partial charge in [0.1, 0.15) is 0 Å². The molecule has 0 heterocycles. The summed E-state index contributed by atoms with van der Waals surface area (Å²) in [5.74, 6) is 0. The molecular weight excluding hydrogens is 174 g/mol. The summed E-state index contributed by atoms with van der Waals surface area (Å²) in [7, 11) is 3.71. The summed E-state index contributed by atoms with van der Waals surface area (Å²) in [6.07, 6.45) is 0.182. The molecule has 1 aromatic rings. The SMILES string of the molecule is CNC(c1ccccc1C)C(C)OC. The summed E-state index contributed by atoms with van der Waals surface area (Å²) in [5, 5.41) is 3.28. The fourth-order valence-corrected chi connectivity index (χ4v) is 1.71. The number of rotatable bonds is 4. The number of hydrogen-bond acceptors (Lipinski definition) is 2. The lowest BCUT2D eigenvalue weighted by molar-refractivity contribution is 0.0855. The van der Waals surface area contributed by atoms with E-state index in [1.54, 1.807) is 7.11 Å². The van der Waals surface area contributed by atoms with E-state index >= 15 is 0 Å². The van der Waals surface area contributed by atoms with Crippen molar-refractivity contribution in [3.05, 3.63) is 35.4 Å². The van der Waals surface area contributed by atoms with Crippen LogP contribution in [0.4, 0.5) is 0 Å². The van der Waals surface area contributed by atoms with E-state index < -0.39 is 0 Å². The first kappa shape index (κ1) is 11.2. The van der Waals surface area contributed by atoms with Crippen molar-refractivity contribution in [1.82, 2.24) is 5.32 Å². The lowest BCUT2D eigenvalue weighted by atomic mass is 9.98. The van der Waals surface area contributed by atoms with Crippen LogP contribution in [-0.4, -0.2) is 20.3 Å². The Bertz CT molecular complexity index is 285. The van der Waals surface area contributed by atoms with Crippen LogP contribution in [0.3, 0.4) is 0 Å². The fraction of sp³-hybridized carbons (Fsp3) is 0.500. The van der Waals surface area contributed by atoms with Crippen LogP contribution in [0.5, 0.6) is 0 Å². The quantitative estimate of drug-likeness (QED) is 0.792. The van der Waals surface area contributed by atoms with Crippen molar-refractivity contribution < 1.29 is 4.74 Å². The van der Waals surface area contributed by atoms with Crippen molar-refractivity contribution in [3.8, 4) is 0 Å². The van der Waals surface area contributed by atoms with E-state index in [1.165, 1.54) is 11.1 Å². The van der Waals surface area contributed by atoms with Crippen molar-refractivity contribution in [3.63, 3.8) is 0 Å². The van der Waals surface area contributed by atoms with E-state index in [4.69, 9.17) is 4.74 Å². The molecule has 0 spiro atoms. The van der Waals surface area contributed by atoms with Crippen LogP contribution in [0, 0.1) is 6.92 Å². The molecule has 1 rings (SSSR count). The summed E-state index contributed by atoms with van der Waals surface area (Å²) in [4.78, 5) is 0. The Morgan fingerprint density at radius 3 is 2.43 bits per heavy atom. The highest BCUT2D eigenvalue weighted by Crippen LogP contribution is 2.21. The van der Waals surface area contributed by atoms with E-state index in [-0.39, 0.29) is 12.1 Å². The minimum absolute atomic E-state index is 0.182. The van der Waals surface area contributed by atoms with Crippen LogP contribution in [0.25, 0.3) is 0 Å². The molecule has 0 saturated heterocycles. The smallest absolute Gasteiger partial charge is 0.0737 e. The van der Waals surface area contributed by atoms with Gasteiger partial charge in [-0.3, -0.25) is 0 Å². The standard InChI is InChI=1S/C12H19NO/c1-9-7-5-6-8-11(9)12(13-3)10(2)14-4/h5-8,10,12-13H,1-4H3. The van der Waals surface area contributed by atoms with Crippen molar-refractivity contribution >= 4 is 0 Å². The molecule has 2 atom stereocenters. The maximum Gasteiger partial charge on any atom is 0.0737 e. The predicted octanol–water partition coefficient (Wildman–Crippen LogP) is 2.29. The van der Waals surface area contributed by atoms with E-state index in [0.29, 0.717) is 0 Å². The fourth-order valence-electron chi connectivity index (χ4n) is 1.71. The van der Waals surface area contributed by atoms with E-state index in [1.807, 2.05) is 7.05 Å². The monoisotopic (exact) mass is 193 g/mol. The molecule has 0 amide bonds. The van der Waals surface area contributed by atoms with Crippen LogP contribution < -0.4 is 5.32 Å². The maximum atomic E-state index is 5.35. The van der Waals surface area contributed by atoms with Gasteiger partial charge >= 0.3 is 0 Å². The van der Waals surface area contributed by atoms with Gasteiger partial charge in [0.25, 0.3) is 0 Å². The average Bonchev–Trinajstić information content (AvgIpc) is 2.21. The molecule has 2 heteroatoms. The first-order chi connectivity index (χ1) is 6.70. The zero-order chi connectivity index (χ0) is 10.6. The number of benzene rings is 1. The number of methoxy groups -OCH3 is 1. The molecule has 1 N–H and O–H groups in total. The second-order valence-electron chi connectivity index (χ2n) is 3.56. The van der Waals surface area contributed by atoms with Gasteiger partial charge in [-0.1, -0.05) is 24.3 Å². The van der Waals surface area contributed by atoms with E-state index in [2.05, 4.69) is 43.4 Å². The van der Waals surface area contributed by atoms with Crippen molar-refractivity contribution in [2.75, 3.05) is 14.2 Å². The molecule has 0 aliphatic carbocycles. The first-order valence-electron chi connectivity index (χ1n) is 4.96. The van der Waals surface area contributed by atoms with Crippen molar-refractivity contribution in [1.29, 1.82) is 0 Å². The topological polar surface area (TPSA) is 21.3 Å². The van der Waals surface area contributed by atoms with Crippen LogP contribution in [0.15, 0.2) is 24.3 Å². The van der Waals surface area contributed by atoms with Crippen molar-refractivity contribution in [2.24, 2.45) is 0 Å². The predicted molar refractivity (Wildman–Crippen MR) is 59.5 cm³/mol. The molecule has 1 aromatic carbocycles. The van der Waals surface area contributed by atoms with Gasteiger partial charge in [0, 0.05) is 7.11 Å². The number of ether oxygens (including phenoxy) is 1. The lowest BCUT2D eigenvalue weighted by Gasteiger charge is -2.24. The summed E-state index contributed by atoms with van der Waals surface area (Å²) in [5.41, 5.74) is 2.61. The van der Waals surface area contributed by atoms with Crippen LogP contribution in [-0.2, 0) is 4.74 Å². The first-order valence-corrected chi connectivity index (χ1v) is 4.96.